The topological polar surface area (TPSA) is 119 Å². The van der Waals surface area contributed by atoms with Crippen LogP contribution in [-0.4, -0.2) is 41.1 Å². The number of benzene rings is 2. The van der Waals surface area contributed by atoms with Crippen molar-refractivity contribution in [3.8, 4) is 11.5 Å². The number of nitro benzene ring substituents is 1. The summed E-state index contributed by atoms with van der Waals surface area (Å²) in [4.78, 5) is 31.0. The number of nitro groups is 1. The van der Waals surface area contributed by atoms with E-state index in [0.717, 1.165) is 16.9 Å². The van der Waals surface area contributed by atoms with Gasteiger partial charge in [0, 0.05) is 19.0 Å². The highest BCUT2D eigenvalue weighted by Gasteiger charge is 2.24. The van der Waals surface area contributed by atoms with Gasteiger partial charge in [0.2, 0.25) is 0 Å². The second kappa shape index (κ2) is 9.05. The van der Waals surface area contributed by atoms with E-state index >= 15 is 0 Å². The summed E-state index contributed by atoms with van der Waals surface area (Å²) < 4.78 is 10.6. The fourth-order valence-electron chi connectivity index (χ4n) is 2.99. The second-order valence-corrected chi connectivity index (χ2v) is 6.27. The Morgan fingerprint density at radius 2 is 2.07 bits per heavy atom. The Hall–Kier alpha value is -3.62. The van der Waals surface area contributed by atoms with Crippen LogP contribution in [0, 0.1) is 10.1 Å². The van der Waals surface area contributed by atoms with Crippen LogP contribution in [0.4, 0.5) is 5.69 Å². The predicted octanol–water partition coefficient (Wildman–Crippen LogP) is 3.24. The zero-order valence-electron chi connectivity index (χ0n) is 16.2. The Kier molecular flexibility index (Phi) is 6.28. The van der Waals surface area contributed by atoms with Gasteiger partial charge in [0.25, 0.3) is 11.6 Å². The summed E-state index contributed by atoms with van der Waals surface area (Å²) in [5.74, 6) is 0.782. The number of nitrogens with zero attached hydrogens (tertiary/aromatic N) is 2. The Morgan fingerprint density at radius 1 is 1.28 bits per heavy atom. The quantitative estimate of drug-likeness (QED) is 0.324. The first kappa shape index (κ1) is 20.1. The van der Waals surface area contributed by atoms with Gasteiger partial charge >= 0.3 is 0 Å². The van der Waals surface area contributed by atoms with E-state index in [1.165, 1.54) is 19.2 Å². The Balaban J connectivity index is 1.65. The highest BCUT2D eigenvalue weighted by atomic mass is 16.6. The molecule has 0 aliphatic rings. The van der Waals surface area contributed by atoms with E-state index in [-0.39, 0.29) is 22.7 Å². The number of carbonyl (C=O) groups is 1. The van der Waals surface area contributed by atoms with Gasteiger partial charge < -0.3 is 19.8 Å². The predicted molar refractivity (Wildman–Crippen MR) is 108 cm³/mol. The molecule has 0 saturated heterocycles. The number of aryl methyl sites for hydroxylation is 1. The van der Waals surface area contributed by atoms with Crippen LogP contribution in [0.2, 0.25) is 0 Å². The molecule has 9 heteroatoms. The number of hydrogen-bond acceptors (Lipinski definition) is 6. The maximum Gasteiger partial charge on any atom is 0.286 e. The number of ether oxygens (including phenoxy) is 2. The standard InChI is InChI=1S/C20H22N4O5/c1-3-29-18-12-16(24(26)27)13(11-17(18)28-2)20(25)21-10-6-9-19-22-14-7-4-5-8-15(14)23-19/h4-5,7-8,11-12H,3,6,9-10H2,1-2H3,(H,21,25)(H,22,23). The van der Waals surface area contributed by atoms with Crippen molar-refractivity contribution in [1.82, 2.24) is 15.3 Å². The first-order valence-corrected chi connectivity index (χ1v) is 9.24. The number of aromatic nitrogens is 2. The van der Waals surface area contributed by atoms with Crippen molar-refractivity contribution in [2.45, 2.75) is 19.8 Å². The number of methoxy groups -OCH3 is 1. The van der Waals surface area contributed by atoms with Gasteiger partial charge in [0.1, 0.15) is 11.4 Å². The SMILES string of the molecule is CCOc1cc([N+](=O)[O-])c(C(=O)NCCCc2nc3ccccc3[nH]2)cc1OC. The van der Waals surface area contributed by atoms with E-state index in [1.807, 2.05) is 24.3 Å². The molecule has 3 aromatic rings. The average Bonchev–Trinajstić information content (AvgIpc) is 3.13. The Labute approximate surface area is 167 Å². The van der Waals surface area contributed by atoms with Crippen LogP contribution in [0.1, 0.15) is 29.5 Å². The molecule has 2 aromatic carbocycles. The summed E-state index contributed by atoms with van der Waals surface area (Å²) in [6.07, 6.45) is 1.27. The van der Waals surface area contributed by atoms with Crippen molar-refractivity contribution in [2.75, 3.05) is 20.3 Å². The molecular formula is C20H22N4O5. The van der Waals surface area contributed by atoms with Gasteiger partial charge in [-0.2, -0.15) is 0 Å². The van der Waals surface area contributed by atoms with Gasteiger partial charge in [0.15, 0.2) is 11.5 Å². The van der Waals surface area contributed by atoms with Gasteiger partial charge in [-0.15, -0.1) is 0 Å². The summed E-state index contributed by atoms with van der Waals surface area (Å²) in [5, 5.41) is 14.1. The number of nitrogens with one attached hydrogen (secondary N) is 2. The van der Waals surface area contributed by atoms with Crippen LogP contribution in [0.5, 0.6) is 11.5 Å². The number of carbonyl (C=O) groups excluding carboxylic acids is 1. The molecule has 1 aromatic heterocycles. The van der Waals surface area contributed by atoms with Crippen LogP contribution >= 0.6 is 0 Å². The van der Waals surface area contributed by atoms with Gasteiger partial charge in [-0.25, -0.2) is 4.98 Å². The largest absolute Gasteiger partial charge is 0.493 e. The molecule has 0 atom stereocenters. The minimum atomic E-state index is -0.606. The van der Waals surface area contributed by atoms with Crippen molar-refractivity contribution in [1.29, 1.82) is 0 Å². The third kappa shape index (κ3) is 4.63. The first-order chi connectivity index (χ1) is 14.0. The van der Waals surface area contributed by atoms with E-state index < -0.39 is 10.8 Å². The monoisotopic (exact) mass is 398 g/mol. The van der Waals surface area contributed by atoms with Crippen LogP contribution < -0.4 is 14.8 Å². The summed E-state index contributed by atoms with van der Waals surface area (Å²) in [5.41, 5.74) is 1.45. The third-order valence-electron chi connectivity index (χ3n) is 4.34. The lowest BCUT2D eigenvalue weighted by Crippen LogP contribution is -2.25. The molecule has 0 bridgehead atoms. The molecule has 0 radical (unpaired) electrons. The molecule has 1 amide bonds. The number of hydrogen-bond donors (Lipinski definition) is 2. The number of aromatic amines is 1. The van der Waals surface area contributed by atoms with Crippen molar-refractivity contribution >= 4 is 22.6 Å². The molecule has 0 unspecified atom stereocenters. The molecule has 3 rings (SSSR count). The van der Waals surface area contributed by atoms with E-state index in [1.54, 1.807) is 6.92 Å². The normalized spacial score (nSPS) is 10.7. The number of rotatable bonds is 9. The van der Waals surface area contributed by atoms with Gasteiger partial charge in [0.05, 0.1) is 35.7 Å². The van der Waals surface area contributed by atoms with E-state index in [0.29, 0.717) is 26.0 Å². The molecule has 152 valence electrons. The highest BCUT2D eigenvalue weighted by molar-refractivity contribution is 5.99. The lowest BCUT2D eigenvalue weighted by molar-refractivity contribution is -0.385. The van der Waals surface area contributed by atoms with E-state index in [9.17, 15) is 14.9 Å². The molecule has 0 aliphatic carbocycles. The zero-order valence-corrected chi connectivity index (χ0v) is 16.2. The smallest absolute Gasteiger partial charge is 0.286 e. The number of imidazole rings is 1. The zero-order chi connectivity index (χ0) is 20.8. The van der Waals surface area contributed by atoms with Crippen molar-refractivity contribution in [3.05, 3.63) is 57.9 Å². The van der Waals surface area contributed by atoms with Gasteiger partial charge in [-0.05, 0) is 25.5 Å². The number of fused-ring (bicyclic) bond motifs is 1. The molecule has 29 heavy (non-hydrogen) atoms. The molecule has 0 fully saturated rings. The van der Waals surface area contributed by atoms with Crippen LogP contribution in [-0.2, 0) is 6.42 Å². The minimum Gasteiger partial charge on any atom is -0.493 e. The summed E-state index contributed by atoms with van der Waals surface area (Å²) in [6.45, 7) is 2.43. The maximum atomic E-state index is 12.5. The Bertz CT molecular complexity index is 998. The molecule has 0 spiro atoms. The fourth-order valence-corrected chi connectivity index (χ4v) is 2.99. The van der Waals surface area contributed by atoms with Gasteiger partial charge in [-0.1, -0.05) is 12.1 Å². The first-order valence-electron chi connectivity index (χ1n) is 9.24. The molecule has 2 N–H and O–H groups in total. The molecular weight excluding hydrogens is 376 g/mol. The summed E-state index contributed by atoms with van der Waals surface area (Å²) in [7, 11) is 1.42. The minimum absolute atomic E-state index is 0.0703. The Morgan fingerprint density at radius 3 is 2.76 bits per heavy atom. The third-order valence-corrected chi connectivity index (χ3v) is 4.34. The number of H-pyrrole nitrogens is 1. The fraction of sp³-hybridized carbons (Fsp3) is 0.300. The van der Waals surface area contributed by atoms with Gasteiger partial charge in [-0.3, -0.25) is 14.9 Å². The molecule has 0 saturated carbocycles. The van der Waals surface area contributed by atoms with E-state index in [4.69, 9.17) is 9.47 Å². The molecule has 9 nitrogen and oxygen atoms in total. The van der Waals surface area contributed by atoms with Crippen LogP contribution in [0.3, 0.4) is 0 Å². The second-order valence-electron chi connectivity index (χ2n) is 6.27. The van der Waals surface area contributed by atoms with E-state index in [2.05, 4.69) is 15.3 Å². The molecule has 1 heterocycles. The van der Waals surface area contributed by atoms with Crippen molar-refractivity contribution < 1.29 is 19.2 Å². The summed E-state index contributed by atoms with van der Waals surface area (Å²) >= 11 is 0. The highest BCUT2D eigenvalue weighted by Crippen LogP contribution is 2.34. The number of amides is 1. The number of para-hydroxylation sites is 2. The maximum absolute atomic E-state index is 12.5. The molecule has 0 aliphatic heterocycles. The lowest BCUT2D eigenvalue weighted by Gasteiger charge is -2.12. The average molecular weight is 398 g/mol. The van der Waals surface area contributed by atoms with Crippen LogP contribution in [0.15, 0.2) is 36.4 Å². The van der Waals surface area contributed by atoms with Crippen molar-refractivity contribution in [2.24, 2.45) is 0 Å². The lowest BCUT2D eigenvalue weighted by atomic mass is 10.1. The summed E-state index contributed by atoms with van der Waals surface area (Å²) in [6, 6.07) is 10.3. The van der Waals surface area contributed by atoms with Crippen molar-refractivity contribution in [3.63, 3.8) is 0 Å². The van der Waals surface area contributed by atoms with Crippen LogP contribution in [0.25, 0.3) is 11.0 Å².